The van der Waals surface area contributed by atoms with Gasteiger partial charge in [0.05, 0.1) is 24.3 Å². The first-order valence-corrected chi connectivity index (χ1v) is 6.71. The smallest absolute Gasteiger partial charge is 0.526 e. The molecular weight excluding hydrogens is 314 g/mol. The molecular formula is C14H12BCl2O4. The van der Waals surface area contributed by atoms with Crippen molar-refractivity contribution in [1.29, 1.82) is 0 Å². The molecule has 0 fully saturated rings. The third-order valence-corrected chi connectivity index (χ3v) is 3.21. The topological polar surface area (TPSA) is 36.9 Å². The van der Waals surface area contributed by atoms with Gasteiger partial charge in [-0.15, -0.1) is 0 Å². The van der Waals surface area contributed by atoms with Gasteiger partial charge in [0.15, 0.2) is 0 Å². The molecule has 2 rings (SSSR count). The molecule has 1 radical (unpaired) electrons. The second-order valence-corrected chi connectivity index (χ2v) is 4.74. The molecule has 2 aromatic carbocycles. The van der Waals surface area contributed by atoms with Crippen molar-refractivity contribution >= 4 is 30.9 Å². The van der Waals surface area contributed by atoms with E-state index in [2.05, 4.69) is 0 Å². The second-order valence-electron chi connectivity index (χ2n) is 3.92. The van der Waals surface area contributed by atoms with E-state index in [1.807, 2.05) is 0 Å². The Morgan fingerprint density at radius 3 is 1.52 bits per heavy atom. The van der Waals surface area contributed by atoms with Crippen LogP contribution in [0.3, 0.4) is 0 Å². The quantitative estimate of drug-likeness (QED) is 0.752. The van der Waals surface area contributed by atoms with Gasteiger partial charge >= 0.3 is 7.69 Å². The van der Waals surface area contributed by atoms with E-state index >= 15 is 0 Å². The van der Waals surface area contributed by atoms with Crippen LogP contribution in [0.1, 0.15) is 0 Å². The van der Waals surface area contributed by atoms with Gasteiger partial charge in [-0.2, -0.15) is 0 Å². The maximum atomic E-state index is 5.99. The third kappa shape index (κ3) is 4.13. The molecule has 0 spiro atoms. The normalized spacial score (nSPS) is 9.90. The Kier molecular flexibility index (Phi) is 5.48. The maximum Gasteiger partial charge on any atom is 0.658 e. The lowest BCUT2D eigenvalue weighted by Gasteiger charge is -2.09. The van der Waals surface area contributed by atoms with E-state index in [0.717, 1.165) is 0 Å². The Bertz CT molecular complexity index is 568. The molecule has 0 saturated heterocycles. The number of methoxy groups -OCH3 is 2. The molecule has 4 nitrogen and oxygen atoms in total. The van der Waals surface area contributed by atoms with Crippen LogP contribution in [0.25, 0.3) is 0 Å². The van der Waals surface area contributed by atoms with Gasteiger partial charge in [-0.1, -0.05) is 23.2 Å². The monoisotopic (exact) mass is 325 g/mol. The van der Waals surface area contributed by atoms with Gasteiger partial charge in [-0.05, 0) is 24.3 Å². The highest BCUT2D eigenvalue weighted by atomic mass is 35.5. The summed E-state index contributed by atoms with van der Waals surface area (Å²) in [6.45, 7) is 0. The van der Waals surface area contributed by atoms with Crippen molar-refractivity contribution in [3.63, 3.8) is 0 Å². The van der Waals surface area contributed by atoms with Gasteiger partial charge in [-0.25, -0.2) is 0 Å². The van der Waals surface area contributed by atoms with Gasteiger partial charge < -0.3 is 18.8 Å². The highest BCUT2D eigenvalue weighted by molar-refractivity contribution is 6.32. The molecule has 0 aliphatic heterocycles. The summed E-state index contributed by atoms with van der Waals surface area (Å²) in [7, 11) is 4.28. The van der Waals surface area contributed by atoms with Crippen LogP contribution >= 0.6 is 23.2 Å². The first-order chi connectivity index (χ1) is 10.1. The number of rotatable bonds is 6. The van der Waals surface area contributed by atoms with Crippen molar-refractivity contribution in [2.24, 2.45) is 0 Å². The Morgan fingerprint density at radius 2 is 1.19 bits per heavy atom. The molecule has 0 saturated carbocycles. The first-order valence-electron chi connectivity index (χ1n) is 5.96. The molecule has 0 atom stereocenters. The van der Waals surface area contributed by atoms with Crippen LogP contribution < -0.4 is 18.8 Å². The average Bonchev–Trinajstić information content (AvgIpc) is 2.48. The molecule has 0 bridgehead atoms. The van der Waals surface area contributed by atoms with Crippen molar-refractivity contribution in [2.75, 3.05) is 14.2 Å². The second kappa shape index (κ2) is 7.34. The summed E-state index contributed by atoms with van der Waals surface area (Å²) >= 11 is 12.0. The lowest BCUT2D eigenvalue weighted by molar-refractivity contribution is 0.412. The zero-order valence-corrected chi connectivity index (χ0v) is 12.9. The molecule has 0 heterocycles. The van der Waals surface area contributed by atoms with Crippen LogP contribution in [0.2, 0.25) is 10.0 Å². The van der Waals surface area contributed by atoms with Crippen molar-refractivity contribution in [1.82, 2.24) is 0 Å². The number of ether oxygens (including phenoxy) is 2. The summed E-state index contributed by atoms with van der Waals surface area (Å²) in [6.07, 6.45) is 0. The highest BCUT2D eigenvalue weighted by Gasteiger charge is 2.07. The van der Waals surface area contributed by atoms with Crippen molar-refractivity contribution < 1.29 is 18.8 Å². The van der Waals surface area contributed by atoms with E-state index in [4.69, 9.17) is 42.0 Å². The van der Waals surface area contributed by atoms with Gasteiger partial charge in [0.2, 0.25) is 0 Å². The largest absolute Gasteiger partial charge is 0.658 e. The summed E-state index contributed by atoms with van der Waals surface area (Å²) in [5.74, 6) is 2.21. The molecule has 0 amide bonds. The standard InChI is InChI=1S/C14H12BCl2O4/c1-18-13-5-3-9(7-11(13)16)20-15-21-10-4-6-14(19-2)12(17)8-10/h3-8H,1-2H3. The number of benzene rings is 2. The van der Waals surface area contributed by atoms with E-state index in [9.17, 15) is 0 Å². The molecule has 7 heteroatoms. The Balaban J connectivity index is 1.92. The summed E-state index contributed by atoms with van der Waals surface area (Å²) < 4.78 is 20.8. The molecule has 109 valence electrons. The number of halogens is 2. The van der Waals surface area contributed by atoms with E-state index in [-0.39, 0.29) is 0 Å². The first kappa shape index (κ1) is 15.7. The van der Waals surface area contributed by atoms with Crippen LogP contribution in [-0.2, 0) is 0 Å². The fourth-order valence-corrected chi connectivity index (χ4v) is 2.07. The van der Waals surface area contributed by atoms with Gasteiger partial charge in [0.25, 0.3) is 0 Å². The van der Waals surface area contributed by atoms with Crippen LogP contribution in [0, 0.1) is 0 Å². The van der Waals surface area contributed by atoms with Crippen LogP contribution in [0.15, 0.2) is 36.4 Å². The summed E-state index contributed by atoms with van der Waals surface area (Å²) in [4.78, 5) is 0. The van der Waals surface area contributed by atoms with Crippen LogP contribution in [-0.4, -0.2) is 21.9 Å². The molecule has 0 N–H and O–H groups in total. The Labute approximate surface area is 133 Å². The molecule has 0 aromatic heterocycles. The summed E-state index contributed by atoms with van der Waals surface area (Å²) in [6, 6.07) is 10.1. The van der Waals surface area contributed by atoms with Gasteiger partial charge in [0.1, 0.15) is 23.0 Å². The minimum Gasteiger partial charge on any atom is -0.526 e. The van der Waals surface area contributed by atoms with Crippen molar-refractivity contribution in [3.8, 4) is 23.0 Å². The zero-order valence-electron chi connectivity index (χ0n) is 11.4. The fourth-order valence-electron chi connectivity index (χ4n) is 1.58. The van der Waals surface area contributed by atoms with Gasteiger partial charge in [0, 0.05) is 12.1 Å². The number of hydrogen-bond acceptors (Lipinski definition) is 4. The van der Waals surface area contributed by atoms with E-state index in [1.165, 1.54) is 7.69 Å². The highest BCUT2D eigenvalue weighted by Crippen LogP contribution is 2.29. The maximum absolute atomic E-state index is 5.99. The SMILES string of the molecule is COc1ccc(O[B]Oc2ccc(OC)c(Cl)c2)cc1Cl. The lowest BCUT2D eigenvalue weighted by Crippen LogP contribution is -2.10. The number of hydrogen-bond donors (Lipinski definition) is 0. The lowest BCUT2D eigenvalue weighted by atomic mass is 10.2. The zero-order chi connectivity index (χ0) is 15.2. The molecule has 0 unspecified atom stereocenters. The Hall–Kier alpha value is -1.72. The minimum absolute atomic E-state index is 0.455. The third-order valence-electron chi connectivity index (χ3n) is 2.61. The fraction of sp³-hybridized carbons (Fsp3) is 0.143. The summed E-state index contributed by atoms with van der Waals surface area (Å²) in [5, 5.41) is 0.909. The van der Waals surface area contributed by atoms with Crippen LogP contribution in [0.4, 0.5) is 0 Å². The van der Waals surface area contributed by atoms with Gasteiger partial charge in [-0.3, -0.25) is 0 Å². The molecule has 21 heavy (non-hydrogen) atoms. The average molecular weight is 326 g/mol. The molecule has 2 aromatic rings. The Morgan fingerprint density at radius 1 is 0.762 bits per heavy atom. The van der Waals surface area contributed by atoms with E-state index in [1.54, 1.807) is 50.6 Å². The van der Waals surface area contributed by atoms with Crippen molar-refractivity contribution in [2.45, 2.75) is 0 Å². The van der Waals surface area contributed by atoms with E-state index in [0.29, 0.717) is 33.0 Å². The summed E-state index contributed by atoms with van der Waals surface area (Å²) in [5.41, 5.74) is 0. The minimum atomic E-state index is 0.455. The molecule has 0 aliphatic carbocycles. The molecule has 0 aliphatic rings. The van der Waals surface area contributed by atoms with Crippen molar-refractivity contribution in [3.05, 3.63) is 46.4 Å². The predicted octanol–water partition coefficient (Wildman–Crippen LogP) is 4.00. The predicted molar refractivity (Wildman–Crippen MR) is 83.0 cm³/mol. The van der Waals surface area contributed by atoms with Crippen LogP contribution in [0.5, 0.6) is 23.0 Å². The van der Waals surface area contributed by atoms with E-state index < -0.39 is 0 Å².